The van der Waals surface area contributed by atoms with Gasteiger partial charge >= 0.3 is 0 Å². The van der Waals surface area contributed by atoms with Crippen molar-refractivity contribution in [3.63, 3.8) is 0 Å². The number of fused-ring (bicyclic) bond motifs is 1. The zero-order valence-corrected chi connectivity index (χ0v) is 11.9. The van der Waals surface area contributed by atoms with Gasteiger partial charge in [-0.2, -0.15) is 4.98 Å². The van der Waals surface area contributed by atoms with Gasteiger partial charge in [0.05, 0.1) is 11.9 Å². The Hall–Kier alpha value is -1.98. The smallest absolute Gasteiger partial charge is 0.270 e. The van der Waals surface area contributed by atoms with Crippen LogP contribution in [0.4, 0.5) is 5.95 Å². The molecule has 0 amide bonds. The number of rotatable bonds is 3. The number of nitrogens with zero attached hydrogens (tertiary/aromatic N) is 4. The molecule has 3 rings (SSSR count). The van der Waals surface area contributed by atoms with E-state index in [1.54, 1.807) is 0 Å². The van der Waals surface area contributed by atoms with Crippen LogP contribution in [0, 0.1) is 6.92 Å². The monoisotopic (exact) mass is 273 g/mol. The second kappa shape index (κ2) is 5.19. The van der Waals surface area contributed by atoms with Gasteiger partial charge in [0.1, 0.15) is 5.52 Å². The first-order chi connectivity index (χ1) is 9.70. The minimum Gasteiger partial charge on any atom is -0.354 e. The summed E-state index contributed by atoms with van der Waals surface area (Å²) in [6, 6.07) is 0.247. The van der Waals surface area contributed by atoms with Crippen molar-refractivity contribution in [1.29, 1.82) is 0 Å². The summed E-state index contributed by atoms with van der Waals surface area (Å²) in [5.74, 6) is 0.566. The highest BCUT2D eigenvalue weighted by Crippen LogP contribution is 2.30. The number of hydrogen-bond donors (Lipinski definition) is 1. The lowest BCUT2D eigenvalue weighted by atomic mass is 10.2. The highest BCUT2D eigenvalue weighted by molar-refractivity contribution is 5.74. The summed E-state index contributed by atoms with van der Waals surface area (Å²) < 4.78 is 1.81. The van der Waals surface area contributed by atoms with Gasteiger partial charge in [0.2, 0.25) is 5.95 Å². The largest absolute Gasteiger partial charge is 0.354 e. The van der Waals surface area contributed by atoms with E-state index in [2.05, 4.69) is 20.3 Å². The van der Waals surface area contributed by atoms with Crippen molar-refractivity contribution in [3.8, 4) is 0 Å². The lowest BCUT2D eigenvalue weighted by Gasteiger charge is -2.16. The Morgan fingerprint density at radius 1 is 1.35 bits per heavy atom. The van der Waals surface area contributed by atoms with E-state index in [0.717, 1.165) is 30.6 Å². The van der Waals surface area contributed by atoms with Crippen LogP contribution in [0.1, 0.15) is 44.3 Å². The van der Waals surface area contributed by atoms with Gasteiger partial charge in [0.25, 0.3) is 5.56 Å². The van der Waals surface area contributed by atoms with Crippen molar-refractivity contribution in [2.45, 2.75) is 45.6 Å². The van der Waals surface area contributed by atoms with Crippen LogP contribution in [0.2, 0.25) is 0 Å². The molecule has 0 bridgehead atoms. The average Bonchev–Trinajstić information content (AvgIpc) is 2.92. The van der Waals surface area contributed by atoms with Crippen molar-refractivity contribution < 1.29 is 0 Å². The van der Waals surface area contributed by atoms with Crippen LogP contribution in [0.15, 0.2) is 11.0 Å². The standard InChI is InChI=1S/C14H19N5O/c1-3-15-14-17-9(2)12-13(18-14)19(11(20)8-16-12)10-6-4-5-7-10/h8,10H,3-7H2,1-2H3,(H,15,17,18). The predicted octanol–water partition coefficient (Wildman–Crippen LogP) is 2.04. The molecule has 0 atom stereocenters. The Morgan fingerprint density at radius 2 is 2.10 bits per heavy atom. The van der Waals surface area contributed by atoms with E-state index in [4.69, 9.17) is 0 Å². The van der Waals surface area contributed by atoms with Gasteiger partial charge in [-0.05, 0) is 26.7 Å². The molecule has 0 unspecified atom stereocenters. The molecule has 2 aromatic rings. The number of hydrogen-bond acceptors (Lipinski definition) is 5. The lowest BCUT2D eigenvalue weighted by molar-refractivity contribution is 0.514. The number of aromatic nitrogens is 4. The summed E-state index contributed by atoms with van der Waals surface area (Å²) in [5, 5.41) is 3.11. The third-order valence-electron chi connectivity index (χ3n) is 3.83. The first-order valence-corrected chi connectivity index (χ1v) is 7.20. The van der Waals surface area contributed by atoms with Gasteiger partial charge < -0.3 is 5.32 Å². The molecule has 0 spiro atoms. The van der Waals surface area contributed by atoms with Gasteiger partial charge in [0.15, 0.2) is 5.65 Å². The topological polar surface area (TPSA) is 72.7 Å². The second-order valence-electron chi connectivity index (χ2n) is 5.24. The summed E-state index contributed by atoms with van der Waals surface area (Å²) in [6.07, 6.45) is 5.82. The van der Waals surface area contributed by atoms with Crippen LogP contribution < -0.4 is 10.9 Å². The molecule has 1 aliphatic carbocycles. The van der Waals surface area contributed by atoms with E-state index >= 15 is 0 Å². The van der Waals surface area contributed by atoms with Crippen molar-refractivity contribution in [3.05, 3.63) is 22.2 Å². The number of nitrogens with one attached hydrogen (secondary N) is 1. The van der Waals surface area contributed by atoms with Crippen molar-refractivity contribution >= 4 is 17.1 Å². The van der Waals surface area contributed by atoms with E-state index in [0.29, 0.717) is 11.6 Å². The Labute approximate surface area is 117 Å². The highest BCUT2D eigenvalue weighted by atomic mass is 16.1. The van der Waals surface area contributed by atoms with Crippen LogP contribution in [0.3, 0.4) is 0 Å². The zero-order chi connectivity index (χ0) is 14.1. The molecule has 1 N–H and O–H groups in total. The maximum absolute atomic E-state index is 12.2. The molecule has 0 radical (unpaired) electrons. The van der Waals surface area contributed by atoms with E-state index in [-0.39, 0.29) is 11.6 Å². The Kier molecular flexibility index (Phi) is 3.38. The molecule has 6 nitrogen and oxygen atoms in total. The van der Waals surface area contributed by atoms with Crippen LogP contribution >= 0.6 is 0 Å². The molecule has 1 fully saturated rings. The van der Waals surface area contributed by atoms with Gasteiger partial charge in [0, 0.05) is 12.6 Å². The Balaban J connectivity index is 2.25. The molecule has 20 heavy (non-hydrogen) atoms. The molecular formula is C14H19N5O. The average molecular weight is 273 g/mol. The third kappa shape index (κ3) is 2.15. The van der Waals surface area contributed by atoms with Crippen LogP contribution in [-0.2, 0) is 0 Å². The van der Waals surface area contributed by atoms with Gasteiger partial charge in [-0.1, -0.05) is 12.8 Å². The summed E-state index contributed by atoms with van der Waals surface area (Å²) in [7, 11) is 0. The molecule has 2 heterocycles. The number of aryl methyl sites for hydroxylation is 1. The normalized spacial score (nSPS) is 15.9. The molecule has 0 saturated heterocycles. The minimum absolute atomic E-state index is 0.0649. The molecule has 6 heteroatoms. The molecule has 1 aliphatic rings. The van der Waals surface area contributed by atoms with E-state index < -0.39 is 0 Å². The first-order valence-electron chi connectivity index (χ1n) is 7.20. The molecule has 106 valence electrons. The molecule has 1 saturated carbocycles. The minimum atomic E-state index is -0.0649. The van der Waals surface area contributed by atoms with Crippen LogP contribution in [-0.4, -0.2) is 26.1 Å². The molecular weight excluding hydrogens is 254 g/mol. The Bertz CT molecular complexity index is 688. The third-order valence-corrected chi connectivity index (χ3v) is 3.83. The predicted molar refractivity (Wildman–Crippen MR) is 78.0 cm³/mol. The van der Waals surface area contributed by atoms with Crippen LogP contribution in [0.5, 0.6) is 0 Å². The molecule has 2 aromatic heterocycles. The van der Waals surface area contributed by atoms with E-state index in [9.17, 15) is 4.79 Å². The number of anilines is 1. The fraction of sp³-hybridized carbons (Fsp3) is 0.571. The van der Waals surface area contributed by atoms with Crippen molar-refractivity contribution in [1.82, 2.24) is 19.5 Å². The second-order valence-corrected chi connectivity index (χ2v) is 5.24. The quantitative estimate of drug-likeness (QED) is 0.926. The lowest BCUT2D eigenvalue weighted by Crippen LogP contribution is -2.25. The SMILES string of the molecule is CCNc1nc(C)c2ncc(=O)n(C3CCCC3)c2n1. The molecule has 0 aromatic carbocycles. The fourth-order valence-corrected chi connectivity index (χ4v) is 2.91. The van der Waals surface area contributed by atoms with E-state index in [1.165, 1.54) is 19.0 Å². The maximum atomic E-state index is 12.2. The first kappa shape index (κ1) is 13.0. The maximum Gasteiger partial charge on any atom is 0.270 e. The van der Waals surface area contributed by atoms with Gasteiger partial charge in [-0.3, -0.25) is 9.36 Å². The van der Waals surface area contributed by atoms with Crippen LogP contribution in [0.25, 0.3) is 11.2 Å². The zero-order valence-electron chi connectivity index (χ0n) is 11.9. The van der Waals surface area contributed by atoms with Gasteiger partial charge in [-0.25, -0.2) is 9.97 Å². The summed E-state index contributed by atoms with van der Waals surface area (Å²) in [4.78, 5) is 25.3. The highest BCUT2D eigenvalue weighted by Gasteiger charge is 2.21. The molecule has 0 aliphatic heterocycles. The van der Waals surface area contributed by atoms with Crippen molar-refractivity contribution in [2.75, 3.05) is 11.9 Å². The van der Waals surface area contributed by atoms with Gasteiger partial charge in [-0.15, -0.1) is 0 Å². The Morgan fingerprint density at radius 3 is 2.80 bits per heavy atom. The van der Waals surface area contributed by atoms with E-state index in [1.807, 2.05) is 18.4 Å². The fourth-order valence-electron chi connectivity index (χ4n) is 2.91. The summed E-state index contributed by atoms with van der Waals surface area (Å²) in [6.45, 7) is 4.65. The summed E-state index contributed by atoms with van der Waals surface area (Å²) in [5.41, 5.74) is 2.12. The summed E-state index contributed by atoms with van der Waals surface area (Å²) >= 11 is 0. The van der Waals surface area contributed by atoms with Crippen molar-refractivity contribution in [2.24, 2.45) is 0 Å².